The maximum Gasteiger partial charge on any atom is 0.401 e. The smallest absolute Gasteiger partial charge is 0.378 e. The molecule has 2 N–H and O–H groups in total. The number of rotatable bonds is 6. The fraction of sp³-hybridized carbons (Fsp3) is 0.619. The van der Waals surface area contributed by atoms with Crippen LogP contribution in [0.1, 0.15) is 17.9 Å². The number of nitrogens with zero attached hydrogens (tertiary/aromatic N) is 3. The van der Waals surface area contributed by atoms with Crippen LogP contribution >= 0.6 is 24.0 Å². The lowest BCUT2D eigenvalue weighted by Crippen LogP contribution is -2.49. The predicted molar refractivity (Wildman–Crippen MR) is 127 cm³/mol. The molecule has 2 aliphatic heterocycles. The van der Waals surface area contributed by atoms with E-state index < -0.39 is 18.6 Å². The van der Waals surface area contributed by atoms with E-state index in [4.69, 9.17) is 4.74 Å². The van der Waals surface area contributed by atoms with Crippen molar-refractivity contribution in [3.8, 4) is 0 Å². The second kappa shape index (κ2) is 12.6. The first-order chi connectivity index (χ1) is 14.9. The Morgan fingerprint density at radius 2 is 1.91 bits per heavy atom. The van der Waals surface area contributed by atoms with Gasteiger partial charge in [0.1, 0.15) is 0 Å². The largest absolute Gasteiger partial charge is 0.401 e. The number of aliphatic imine (C=N–C) groups is 1. The molecule has 0 radical (unpaired) electrons. The molecule has 2 saturated heterocycles. The summed E-state index contributed by atoms with van der Waals surface area (Å²) in [6.45, 7) is 2.30. The molecule has 11 heteroatoms. The molecule has 2 unspecified atom stereocenters. The highest BCUT2D eigenvalue weighted by molar-refractivity contribution is 14.0. The zero-order chi connectivity index (χ0) is 22.3. The minimum absolute atomic E-state index is 0. The molecule has 2 atom stereocenters. The molecule has 2 heterocycles. The summed E-state index contributed by atoms with van der Waals surface area (Å²) < 4.78 is 43.2. The summed E-state index contributed by atoms with van der Waals surface area (Å²) in [6.07, 6.45) is -3.59. The van der Waals surface area contributed by atoms with Crippen LogP contribution in [0.15, 0.2) is 35.3 Å². The standard InChI is InChI=1S/C21H30F3N5O2.HI/c1-25-20(27-17-7-8-28(14-17)15-21(22,23)24)26-13-18(16-5-3-2-4-6-16)19(30)29-9-11-31-12-10-29;/h2-6,17-18H,7-15H2,1H3,(H2,25,26,27);1H. The zero-order valence-electron chi connectivity index (χ0n) is 18.1. The number of guanidine groups is 1. The molecular weight excluding hydrogens is 538 g/mol. The number of amides is 1. The average Bonchev–Trinajstić information content (AvgIpc) is 3.19. The highest BCUT2D eigenvalue weighted by atomic mass is 127. The molecule has 32 heavy (non-hydrogen) atoms. The normalized spacial score (nSPS) is 21.1. The van der Waals surface area contributed by atoms with Crippen molar-refractivity contribution in [2.45, 2.75) is 24.6 Å². The number of carbonyl (C=O) groups is 1. The Labute approximate surface area is 203 Å². The highest BCUT2D eigenvalue weighted by Crippen LogP contribution is 2.21. The maximum absolute atomic E-state index is 13.2. The molecular formula is C21H31F3IN5O2. The van der Waals surface area contributed by atoms with Gasteiger partial charge < -0.3 is 20.3 Å². The van der Waals surface area contributed by atoms with Crippen molar-refractivity contribution in [1.29, 1.82) is 0 Å². The number of benzene rings is 1. The van der Waals surface area contributed by atoms with E-state index >= 15 is 0 Å². The Hall–Kier alpha value is -1.60. The number of likely N-dealkylation sites (tertiary alicyclic amines) is 1. The molecule has 1 aromatic carbocycles. The van der Waals surface area contributed by atoms with E-state index in [1.54, 1.807) is 7.05 Å². The third-order valence-electron chi connectivity index (χ3n) is 5.54. The summed E-state index contributed by atoms with van der Waals surface area (Å²) in [5.74, 6) is 0.104. The van der Waals surface area contributed by atoms with Gasteiger partial charge in [0.2, 0.25) is 5.91 Å². The predicted octanol–water partition coefficient (Wildman–Crippen LogP) is 2.05. The first-order valence-corrected chi connectivity index (χ1v) is 10.5. The van der Waals surface area contributed by atoms with Gasteiger partial charge in [0.05, 0.1) is 25.7 Å². The Balaban J connectivity index is 0.00000363. The summed E-state index contributed by atoms with van der Waals surface area (Å²) in [6, 6.07) is 9.42. The molecule has 0 bridgehead atoms. The quantitative estimate of drug-likeness (QED) is 0.312. The van der Waals surface area contributed by atoms with Gasteiger partial charge in [-0.2, -0.15) is 13.2 Å². The highest BCUT2D eigenvalue weighted by Gasteiger charge is 2.34. The number of nitrogens with one attached hydrogen (secondary N) is 2. The van der Waals surface area contributed by atoms with Gasteiger partial charge in [-0.05, 0) is 12.0 Å². The molecule has 1 aromatic rings. The van der Waals surface area contributed by atoms with Gasteiger partial charge >= 0.3 is 6.18 Å². The van der Waals surface area contributed by atoms with Gasteiger partial charge in [0.15, 0.2) is 5.96 Å². The Kier molecular flexibility index (Phi) is 10.5. The van der Waals surface area contributed by atoms with E-state index in [9.17, 15) is 18.0 Å². The molecule has 1 amide bonds. The maximum atomic E-state index is 13.2. The fourth-order valence-corrected chi connectivity index (χ4v) is 3.97. The zero-order valence-corrected chi connectivity index (χ0v) is 20.4. The fourth-order valence-electron chi connectivity index (χ4n) is 3.97. The van der Waals surface area contributed by atoms with Crippen molar-refractivity contribution in [3.63, 3.8) is 0 Å². The number of ether oxygens (including phenoxy) is 1. The molecule has 0 aromatic heterocycles. The lowest BCUT2D eigenvalue weighted by atomic mass is 9.97. The van der Waals surface area contributed by atoms with Crippen LogP contribution in [0.4, 0.5) is 13.2 Å². The topological polar surface area (TPSA) is 69.2 Å². The van der Waals surface area contributed by atoms with Crippen LogP contribution in [0, 0.1) is 0 Å². The van der Waals surface area contributed by atoms with Gasteiger partial charge in [-0.3, -0.25) is 14.7 Å². The second-order valence-corrected chi connectivity index (χ2v) is 7.83. The number of halogens is 4. The van der Waals surface area contributed by atoms with Gasteiger partial charge in [0.25, 0.3) is 0 Å². The first kappa shape index (κ1) is 26.7. The minimum Gasteiger partial charge on any atom is -0.378 e. The number of carbonyl (C=O) groups excluding carboxylic acids is 1. The SMILES string of the molecule is CN=C(NCC(C(=O)N1CCOCC1)c1ccccc1)NC1CCN(CC(F)(F)F)C1.I. The summed E-state index contributed by atoms with van der Waals surface area (Å²) in [7, 11) is 1.61. The molecule has 7 nitrogen and oxygen atoms in total. The molecule has 0 aliphatic carbocycles. The number of hydrogen-bond acceptors (Lipinski definition) is 4. The van der Waals surface area contributed by atoms with Crippen LogP contribution in [0.3, 0.4) is 0 Å². The molecule has 2 aliphatic rings. The third kappa shape index (κ3) is 8.07. The molecule has 180 valence electrons. The van der Waals surface area contributed by atoms with Gasteiger partial charge in [0, 0.05) is 45.8 Å². The summed E-state index contributed by atoms with van der Waals surface area (Å²) in [5.41, 5.74) is 0.902. The molecule has 2 fully saturated rings. The Morgan fingerprint density at radius 3 is 2.53 bits per heavy atom. The van der Waals surface area contributed by atoms with Crippen molar-refractivity contribution in [1.82, 2.24) is 20.4 Å². The van der Waals surface area contributed by atoms with E-state index in [0.717, 1.165) is 5.56 Å². The lowest BCUT2D eigenvalue weighted by molar-refractivity contribution is -0.143. The summed E-state index contributed by atoms with van der Waals surface area (Å²) in [5, 5.41) is 6.39. The summed E-state index contributed by atoms with van der Waals surface area (Å²) in [4.78, 5) is 20.6. The van der Waals surface area contributed by atoms with E-state index in [2.05, 4.69) is 15.6 Å². The van der Waals surface area contributed by atoms with E-state index in [0.29, 0.717) is 58.3 Å². The lowest BCUT2D eigenvalue weighted by Gasteiger charge is -2.31. The van der Waals surface area contributed by atoms with E-state index in [-0.39, 0.29) is 35.9 Å². The van der Waals surface area contributed by atoms with Crippen LogP contribution < -0.4 is 10.6 Å². The van der Waals surface area contributed by atoms with E-state index in [1.165, 1.54) is 4.90 Å². The average molecular weight is 569 g/mol. The number of morpholine rings is 1. The second-order valence-electron chi connectivity index (χ2n) is 7.83. The molecule has 3 rings (SSSR count). The number of hydrogen-bond donors (Lipinski definition) is 2. The van der Waals surface area contributed by atoms with Gasteiger partial charge in [-0.15, -0.1) is 24.0 Å². The Morgan fingerprint density at radius 1 is 1.22 bits per heavy atom. The van der Waals surface area contributed by atoms with Gasteiger partial charge in [-0.1, -0.05) is 30.3 Å². The van der Waals surface area contributed by atoms with Crippen LogP contribution in [-0.2, 0) is 9.53 Å². The molecule has 0 spiro atoms. The van der Waals surface area contributed by atoms with Crippen molar-refractivity contribution in [2.24, 2.45) is 4.99 Å². The van der Waals surface area contributed by atoms with Crippen LogP contribution in [0.5, 0.6) is 0 Å². The van der Waals surface area contributed by atoms with Crippen molar-refractivity contribution >= 4 is 35.8 Å². The minimum atomic E-state index is -4.20. The molecule has 0 saturated carbocycles. The van der Waals surface area contributed by atoms with Crippen molar-refractivity contribution in [2.75, 3.05) is 59.5 Å². The monoisotopic (exact) mass is 569 g/mol. The van der Waals surface area contributed by atoms with Crippen molar-refractivity contribution in [3.05, 3.63) is 35.9 Å². The van der Waals surface area contributed by atoms with Gasteiger partial charge in [-0.25, -0.2) is 0 Å². The van der Waals surface area contributed by atoms with E-state index in [1.807, 2.05) is 35.2 Å². The van der Waals surface area contributed by atoms with Crippen LogP contribution in [0.25, 0.3) is 0 Å². The first-order valence-electron chi connectivity index (χ1n) is 10.5. The van der Waals surface area contributed by atoms with Crippen molar-refractivity contribution < 1.29 is 22.7 Å². The summed E-state index contributed by atoms with van der Waals surface area (Å²) >= 11 is 0. The van der Waals surface area contributed by atoms with Crippen LogP contribution in [-0.4, -0.2) is 93.4 Å². The Bertz CT molecular complexity index is 745. The number of alkyl halides is 3. The van der Waals surface area contributed by atoms with Crippen LogP contribution in [0.2, 0.25) is 0 Å². The third-order valence-corrected chi connectivity index (χ3v) is 5.54.